The van der Waals surface area contributed by atoms with Crippen LogP contribution >= 0.6 is 11.6 Å². The molecule has 0 saturated carbocycles. The first-order chi connectivity index (χ1) is 14.5. The molecule has 0 N–H and O–H groups in total. The Kier molecular flexibility index (Phi) is 5.57. The molecule has 0 aliphatic rings. The number of imidazole rings is 1. The van der Waals surface area contributed by atoms with Crippen LogP contribution in [-0.4, -0.2) is 32.4 Å². The normalized spacial score (nSPS) is 11.3. The zero-order valence-corrected chi connectivity index (χ0v) is 17.5. The summed E-state index contributed by atoms with van der Waals surface area (Å²) in [6.07, 6.45) is 1.59. The minimum atomic E-state index is -0.501. The molecule has 7 nitrogen and oxygen atoms in total. The molecule has 2 aromatic heterocycles. The van der Waals surface area contributed by atoms with E-state index in [9.17, 15) is 9.59 Å². The summed E-state index contributed by atoms with van der Waals surface area (Å²) in [6.45, 7) is 2.84. The summed E-state index contributed by atoms with van der Waals surface area (Å²) < 4.78 is 9.44. The average molecular weight is 425 g/mol. The summed E-state index contributed by atoms with van der Waals surface area (Å²) in [5, 5.41) is 0.395. The predicted molar refractivity (Wildman–Crippen MR) is 117 cm³/mol. The molecule has 0 amide bonds. The first kappa shape index (κ1) is 20.1. The van der Waals surface area contributed by atoms with Gasteiger partial charge < -0.3 is 9.30 Å². The molecule has 2 heterocycles. The smallest absolute Gasteiger partial charge is 0.337 e. The number of methoxy groups -OCH3 is 1. The molecule has 0 fully saturated rings. The van der Waals surface area contributed by atoms with Gasteiger partial charge in [0.2, 0.25) is 0 Å². The van der Waals surface area contributed by atoms with E-state index in [1.54, 1.807) is 35.2 Å². The van der Waals surface area contributed by atoms with Gasteiger partial charge in [-0.2, -0.15) is 0 Å². The number of nitrogens with zero attached hydrogens (tertiary/aromatic N) is 4. The number of aromatic nitrogens is 4. The van der Waals surface area contributed by atoms with Crippen LogP contribution in [0.1, 0.15) is 11.1 Å². The molecule has 2 aromatic carbocycles. The highest BCUT2D eigenvalue weighted by Gasteiger charge is 2.20. The maximum Gasteiger partial charge on any atom is 0.337 e. The third-order valence-electron chi connectivity index (χ3n) is 5.11. The molecule has 154 valence electrons. The summed E-state index contributed by atoms with van der Waals surface area (Å²) in [4.78, 5) is 31.0. The van der Waals surface area contributed by atoms with Crippen molar-refractivity contribution in [3.8, 4) is 5.69 Å². The Morgan fingerprint density at radius 3 is 2.53 bits per heavy atom. The Morgan fingerprint density at radius 2 is 1.80 bits per heavy atom. The van der Waals surface area contributed by atoms with E-state index in [1.165, 1.54) is 16.2 Å². The zero-order valence-electron chi connectivity index (χ0n) is 16.7. The summed E-state index contributed by atoms with van der Waals surface area (Å²) in [5.74, 6) is 0. The summed E-state index contributed by atoms with van der Waals surface area (Å²) in [5.41, 5.74) is 2.37. The van der Waals surface area contributed by atoms with Crippen LogP contribution < -0.4 is 11.2 Å². The molecule has 0 saturated heterocycles. The second-order valence-electron chi connectivity index (χ2n) is 6.99. The molecule has 0 radical (unpaired) electrons. The average Bonchev–Trinajstić information content (AvgIpc) is 3.14. The van der Waals surface area contributed by atoms with Gasteiger partial charge in [-0.3, -0.25) is 9.36 Å². The predicted octanol–water partition coefficient (Wildman–Crippen LogP) is 3.01. The highest BCUT2D eigenvalue weighted by atomic mass is 35.5. The van der Waals surface area contributed by atoms with Crippen molar-refractivity contribution in [3.05, 3.63) is 91.8 Å². The lowest BCUT2D eigenvalue weighted by Gasteiger charge is -2.14. The molecule has 4 rings (SSSR count). The van der Waals surface area contributed by atoms with E-state index < -0.39 is 11.2 Å². The fraction of sp³-hybridized carbons (Fsp3) is 0.227. The number of hydrogen-bond donors (Lipinski definition) is 0. The SMILES string of the molecule is COCCn1c(=O)c2c(ncn2Cc2ccccc2C)n(-c2ccccc2Cl)c1=O. The summed E-state index contributed by atoms with van der Waals surface area (Å²) in [6, 6.07) is 15.0. The van der Waals surface area contributed by atoms with Crippen molar-refractivity contribution in [1.29, 1.82) is 0 Å². The van der Waals surface area contributed by atoms with Crippen molar-refractivity contribution in [3.63, 3.8) is 0 Å². The number of para-hydroxylation sites is 1. The topological polar surface area (TPSA) is 71.1 Å². The number of benzene rings is 2. The Hall–Kier alpha value is -3.16. The summed E-state index contributed by atoms with van der Waals surface area (Å²) in [7, 11) is 1.53. The van der Waals surface area contributed by atoms with E-state index in [2.05, 4.69) is 4.98 Å². The second-order valence-corrected chi connectivity index (χ2v) is 7.40. The Morgan fingerprint density at radius 1 is 1.07 bits per heavy atom. The van der Waals surface area contributed by atoms with Crippen LogP contribution in [0.5, 0.6) is 0 Å². The van der Waals surface area contributed by atoms with E-state index >= 15 is 0 Å². The van der Waals surface area contributed by atoms with Gasteiger partial charge in [0.15, 0.2) is 11.2 Å². The van der Waals surface area contributed by atoms with E-state index in [4.69, 9.17) is 16.3 Å². The molecule has 0 atom stereocenters. The van der Waals surface area contributed by atoms with Gasteiger partial charge >= 0.3 is 5.69 Å². The molecule has 0 bridgehead atoms. The van der Waals surface area contributed by atoms with E-state index in [0.29, 0.717) is 22.8 Å². The minimum absolute atomic E-state index is 0.129. The van der Waals surface area contributed by atoms with Crippen LogP contribution in [0.4, 0.5) is 0 Å². The van der Waals surface area contributed by atoms with Gasteiger partial charge in [-0.05, 0) is 30.2 Å². The van der Waals surface area contributed by atoms with Gasteiger partial charge in [0.05, 0.1) is 30.2 Å². The van der Waals surface area contributed by atoms with Gasteiger partial charge in [0.25, 0.3) is 5.56 Å². The Bertz CT molecular complexity index is 1340. The maximum absolute atomic E-state index is 13.3. The maximum atomic E-state index is 13.3. The number of aryl methyl sites for hydroxylation is 1. The number of rotatable bonds is 6. The van der Waals surface area contributed by atoms with E-state index in [0.717, 1.165) is 11.1 Å². The molecular weight excluding hydrogens is 404 g/mol. The quantitative estimate of drug-likeness (QED) is 0.477. The molecule has 30 heavy (non-hydrogen) atoms. The van der Waals surface area contributed by atoms with Crippen molar-refractivity contribution in [2.24, 2.45) is 0 Å². The van der Waals surface area contributed by atoms with Gasteiger partial charge in [-0.25, -0.2) is 14.3 Å². The largest absolute Gasteiger partial charge is 0.383 e. The molecule has 8 heteroatoms. The first-order valence-corrected chi connectivity index (χ1v) is 9.89. The van der Waals surface area contributed by atoms with Crippen molar-refractivity contribution in [2.45, 2.75) is 20.0 Å². The van der Waals surface area contributed by atoms with E-state index in [1.807, 2.05) is 31.2 Å². The summed E-state index contributed by atoms with van der Waals surface area (Å²) >= 11 is 6.38. The monoisotopic (exact) mass is 424 g/mol. The lowest BCUT2D eigenvalue weighted by molar-refractivity contribution is 0.184. The fourth-order valence-electron chi connectivity index (χ4n) is 3.50. The zero-order chi connectivity index (χ0) is 21.3. The molecule has 0 aliphatic heterocycles. The van der Waals surface area contributed by atoms with Crippen LogP contribution in [-0.2, 0) is 17.8 Å². The third-order valence-corrected chi connectivity index (χ3v) is 5.43. The number of hydrogen-bond acceptors (Lipinski definition) is 4. The Labute approximate surface area is 177 Å². The van der Waals surface area contributed by atoms with Crippen molar-refractivity contribution < 1.29 is 4.74 Å². The van der Waals surface area contributed by atoms with Gasteiger partial charge in [-0.1, -0.05) is 48.0 Å². The van der Waals surface area contributed by atoms with Crippen LogP contribution in [0.25, 0.3) is 16.9 Å². The highest BCUT2D eigenvalue weighted by molar-refractivity contribution is 6.32. The molecule has 4 aromatic rings. The first-order valence-electron chi connectivity index (χ1n) is 9.52. The highest BCUT2D eigenvalue weighted by Crippen LogP contribution is 2.21. The fourth-order valence-corrected chi connectivity index (χ4v) is 3.72. The van der Waals surface area contributed by atoms with Gasteiger partial charge in [0, 0.05) is 13.7 Å². The standard InChI is InChI=1S/C22H21ClN4O3/c1-15-7-3-4-8-16(15)13-25-14-24-20-19(25)21(28)26(11-12-30-2)22(29)27(20)18-10-6-5-9-17(18)23/h3-10,14H,11-13H2,1-2H3. The van der Waals surface area contributed by atoms with Crippen molar-refractivity contribution in [1.82, 2.24) is 18.7 Å². The molecule has 0 aliphatic carbocycles. The van der Waals surface area contributed by atoms with Gasteiger partial charge in [0.1, 0.15) is 0 Å². The Balaban J connectivity index is 2.01. The molecule has 0 spiro atoms. The molecule has 0 unspecified atom stereocenters. The minimum Gasteiger partial charge on any atom is -0.383 e. The van der Waals surface area contributed by atoms with E-state index in [-0.39, 0.29) is 18.8 Å². The molecular formula is C22H21ClN4O3. The van der Waals surface area contributed by atoms with Crippen LogP contribution in [0.2, 0.25) is 5.02 Å². The number of ether oxygens (including phenoxy) is 1. The number of fused-ring (bicyclic) bond motifs is 1. The number of halogens is 1. The second kappa shape index (κ2) is 8.30. The third kappa shape index (κ3) is 3.46. The lowest BCUT2D eigenvalue weighted by Crippen LogP contribution is -2.41. The van der Waals surface area contributed by atoms with Crippen LogP contribution in [0.15, 0.2) is 64.4 Å². The van der Waals surface area contributed by atoms with Gasteiger partial charge in [-0.15, -0.1) is 0 Å². The van der Waals surface area contributed by atoms with Crippen molar-refractivity contribution in [2.75, 3.05) is 13.7 Å². The van der Waals surface area contributed by atoms with Crippen LogP contribution in [0, 0.1) is 6.92 Å². The van der Waals surface area contributed by atoms with Crippen LogP contribution in [0.3, 0.4) is 0 Å². The van der Waals surface area contributed by atoms with Crippen molar-refractivity contribution >= 4 is 22.8 Å². The lowest BCUT2D eigenvalue weighted by atomic mass is 10.1.